The molecule has 74 heavy (non-hydrogen) atoms. The monoisotopic (exact) mass is 1030 g/mol. The fraction of sp³-hybridized carbons (Fsp3) is 0.939. The van der Waals surface area contributed by atoms with Crippen LogP contribution in [0.3, 0.4) is 0 Å². The second-order valence-corrected chi connectivity index (χ2v) is 29.4. The van der Waals surface area contributed by atoms with Gasteiger partial charge in [0, 0.05) is 51.4 Å². The Labute approximate surface area is 455 Å². The van der Waals surface area contributed by atoms with Gasteiger partial charge >= 0.3 is 0 Å². The van der Waals surface area contributed by atoms with Crippen molar-refractivity contribution in [1.82, 2.24) is 9.80 Å². The highest BCUT2D eigenvalue weighted by atomic mass is 16.5. The van der Waals surface area contributed by atoms with Crippen LogP contribution in [0.15, 0.2) is 23.3 Å². The summed E-state index contributed by atoms with van der Waals surface area (Å²) < 4.78 is 12.6. The number of aliphatic hydroxyl groups is 2. The van der Waals surface area contributed by atoms with E-state index in [2.05, 4.69) is 91.2 Å². The molecule has 18 atom stereocenters. The molecule has 18 unspecified atom stereocenters. The first-order chi connectivity index (χ1) is 35.4. The predicted molar refractivity (Wildman–Crippen MR) is 309 cm³/mol. The Bertz CT molecular complexity index is 1690. The van der Waals surface area contributed by atoms with Crippen molar-refractivity contribution < 1.29 is 19.7 Å². The lowest BCUT2D eigenvalue weighted by Crippen LogP contribution is -2.53. The number of nitrogens with zero attached hydrogens (tertiary/aromatic N) is 2. The smallest absolute Gasteiger partial charge is 0.0789 e. The summed E-state index contributed by atoms with van der Waals surface area (Å²) in [6, 6.07) is 0.830. The van der Waals surface area contributed by atoms with Crippen LogP contribution in [-0.2, 0) is 9.47 Å². The normalized spacial score (nSPS) is 39.4. The summed E-state index contributed by atoms with van der Waals surface area (Å²) in [6.45, 7) is 31.2. The molecular weight excluding hydrogens is 913 g/mol. The van der Waals surface area contributed by atoms with Gasteiger partial charge in [0.1, 0.15) is 0 Å². The summed E-state index contributed by atoms with van der Waals surface area (Å²) in [5.74, 6) is 10.2. The first kappa shape index (κ1) is 59.3. The van der Waals surface area contributed by atoms with Gasteiger partial charge in [-0.25, -0.2) is 0 Å². The molecule has 8 aliphatic carbocycles. The molecule has 0 radical (unpaired) electrons. The Morgan fingerprint density at radius 3 is 1.31 bits per heavy atom. The molecule has 6 fully saturated rings. The Morgan fingerprint density at radius 2 is 0.932 bits per heavy atom. The van der Waals surface area contributed by atoms with Gasteiger partial charge in [0.05, 0.1) is 38.6 Å². The molecule has 0 aromatic rings. The van der Waals surface area contributed by atoms with Gasteiger partial charge in [-0.15, -0.1) is 0 Å². The van der Waals surface area contributed by atoms with Crippen LogP contribution in [0.1, 0.15) is 210 Å². The largest absolute Gasteiger partial charge is 0.390 e. The van der Waals surface area contributed by atoms with Gasteiger partial charge in [-0.05, 0) is 195 Å². The van der Waals surface area contributed by atoms with Gasteiger partial charge in [0.2, 0.25) is 0 Å². The van der Waals surface area contributed by atoms with Crippen molar-refractivity contribution in [3.8, 4) is 0 Å². The predicted octanol–water partition coefficient (Wildman–Crippen LogP) is 13.1. The van der Waals surface area contributed by atoms with Crippen LogP contribution < -0.4 is 11.5 Å². The highest BCUT2D eigenvalue weighted by molar-refractivity contribution is 5.28. The van der Waals surface area contributed by atoms with E-state index in [9.17, 15) is 10.2 Å². The number of fused-ring (bicyclic) bond motifs is 10. The van der Waals surface area contributed by atoms with Crippen LogP contribution in [0.2, 0.25) is 0 Å². The highest BCUT2D eigenvalue weighted by Crippen LogP contribution is 2.69. The number of ether oxygens (including phenoxy) is 2. The van der Waals surface area contributed by atoms with E-state index in [0.29, 0.717) is 73.3 Å². The lowest BCUT2D eigenvalue weighted by molar-refractivity contribution is -0.0574. The van der Waals surface area contributed by atoms with Gasteiger partial charge in [-0.3, -0.25) is 9.80 Å². The zero-order valence-electron chi connectivity index (χ0n) is 49.8. The van der Waals surface area contributed by atoms with Crippen LogP contribution in [0.4, 0.5) is 0 Å². The van der Waals surface area contributed by atoms with Crippen molar-refractivity contribution in [2.24, 2.45) is 104 Å². The standard InChI is InChI=1S/C66H118N4O4/c1-45(2)13-11-15-47(5)57-21-23-59-55-19-17-49-39-51(25-29-63(49,7)61(55)27-31-65(57,59)9)69(43-53(71)41-67)33-35-73-37-38-74-36-34-70(44-54(72)42-68)52-26-30-64(8)50(40-52)18-20-56-60-24-22-58(48(6)16-12-14-46(3)4)66(60,10)32-28-62(56)64/h17-18,45-48,51-62,71-72H,11-16,19-44,67-68H2,1-10H3. The van der Waals surface area contributed by atoms with E-state index in [1.807, 2.05) is 0 Å². The summed E-state index contributed by atoms with van der Waals surface area (Å²) in [5, 5.41) is 21.8. The van der Waals surface area contributed by atoms with Crippen molar-refractivity contribution in [1.29, 1.82) is 0 Å². The number of hydrogen-bond donors (Lipinski definition) is 4. The van der Waals surface area contributed by atoms with Gasteiger partial charge in [-0.1, -0.05) is 131 Å². The van der Waals surface area contributed by atoms with E-state index in [1.54, 1.807) is 11.1 Å². The molecule has 426 valence electrons. The van der Waals surface area contributed by atoms with Gasteiger partial charge < -0.3 is 31.2 Å². The lowest BCUT2D eigenvalue weighted by Gasteiger charge is -2.59. The van der Waals surface area contributed by atoms with Crippen LogP contribution in [0, 0.1) is 92.7 Å². The fourth-order valence-corrected chi connectivity index (χ4v) is 20.2. The molecule has 0 amide bonds. The third-order valence-electron chi connectivity index (χ3n) is 24.4. The number of hydrogen-bond acceptors (Lipinski definition) is 8. The van der Waals surface area contributed by atoms with Crippen molar-refractivity contribution in [2.45, 2.75) is 235 Å². The fourth-order valence-electron chi connectivity index (χ4n) is 20.2. The van der Waals surface area contributed by atoms with Gasteiger partial charge in [0.25, 0.3) is 0 Å². The Kier molecular flexibility index (Phi) is 20.6. The topological polar surface area (TPSA) is 117 Å². The Hall–Kier alpha value is -0.840. The molecule has 0 bridgehead atoms. The molecule has 0 aromatic heterocycles. The zero-order valence-corrected chi connectivity index (χ0v) is 49.8. The molecule has 8 rings (SSSR count). The van der Waals surface area contributed by atoms with E-state index in [-0.39, 0.29) is 13.1 Å². The molecule has 0 aliphatic heterocycles. The van der Waals surface area contributed by atoms with Gasteiger partial charge in [0.15, 0.2) is 0 Å². The van der Waals surface area contributed by atoms with E-state index in [4.69, 9.17) is 20.9 Å². The second-order valence-electron chi connectivity index (χ2n) is 29.4. The number of rotatable bonds is 27. The van der Waals surface area contributed by atoms with E-state index >= 15 is 0 Å². The molecule has 0 heterocycles. The van der Waals surface area contributed by atoms with Crippen molar-refractivity contribution in [3.05, 3.63) is 23.3 Å². The quantitative estimate of drug-likeness (QED) is 0.0475. The summed E-state index contributed by atoms with van der Waals surface area (Å²) in [5.41, 5.74) is 17.1. The van der Waals surface area contributed by atoms with Crippen molar-refractivity contribution in [3.63, 3.8) is 0 Å². The maximum absolute atomic E-state index is 10.9. The van der Waals surface area contributed by atoms with E-state index in [0.717, 1.165) is 96.9 Å². The first-order valence-electron chi connectivity index (χ1n) is 32.1. The van der Waals surface area contributed by atoms with Crippen LogP contribution in [0.5, 0.6) is 0 Å². The molecule has 6 N–H and O–H groups in total. The van der Waals surface area contributed by atoms with Crippen LogP contribution in [-0.4, -0.2) is 110 Å². The molecule has 8 heteroatoms. The van der Waals surface area contributed by atoms with E-state index in [1.165, 1.54) is 128 Å². The Morgan fingerprint density at radius 1 is 0.527 bits per heavy atom. The second kappa shape index (κ2) is 25.7. The third kappa shape index (κ3) is 12.7. The molecule has 8 aliphatic rings. The van der Waals surface area contributed by atoms with Gasteiger partial charge in [-0.2, -0.15) is 0 Å². The average Bonchev–Trinajstić information content (AvgIpc) is 3.92. The zero-order chi connectivity index (χ0) is 53.0. The van der Waals surface area contributed by atoms with Crippen LogP contribution in [0.25, 0.3) is 0 Å². The van der Waals surface area contributed by atoms with Crippen molar-refractivity contribution >= 4 is 0 Å². The molecular formula is C66H118N4O4. The molecule has 6 saturated carbocycles. The highest BCUT2D eigenvalue weighted by Gasteiger charge is 2.61. The maximum atomic E-state index is 10.9. The first-order valence-corrected chi connectivity index (χ1v) is 32.1. The summed E-state index contributed by atoms with van der Waals surface area (Å²) in [4.78, 5) is 5.02. The molecule has 0 aromatic carbocycles. The molecule has 8 nitrogen and oxygen atoms in total. The molecule has 0 spiro atoms. The number of nitrogens with two attached hydrogens (primary N) is 2. The minimum Gasteiger partial charge on any atom is -0.390 e. The third-order valence-corrected chi connectivity index (χ3v) is 24.4. The van der Waals surface area contributed by atoms with Crippen LogP contribution >= 0.6 is 0 Å². The van der Waals surface area contributed by atoms with Crippen molar-refractivity contribution in [2.75, 3.05) is 65.7 Å². The summed E-state index contributed by atoms with van der Waals surface area (Å²) in [7, 11) is 0. The number of allylic oxidation sites excluding steroid dienone is 2. The lowest BCUT2D eigenvalue weighted by atomic mass is 9.46. The average molecular weight is 1030 g/mol. The number of aliphatic hydroxyl groups excluding tert-OH is 2. The summed E-state index contributed by atoms with van der Waals surface area (Å²) >= 11 is 0. The summed E-state index contributed by atoms with van der Waals surface area (Å²) in [6.07, 6.45) is 33.9. The van der Waals surface area contributed by atoms with E-state index < -0.39 is 12.2 Å². The maximum Gasteiger partial charge on any atom is 0.0789 e. The minimum absolute atomic E-state index is 0.288. The SMILES string of the molecule is CC(C)CCCC(C)C1CCC2C3CC=C4CC(N(CCOCCOCCN(CC(O)CN)C5CCC6(C)C(=CCC7C6CCC6(C)C(C(C)CCCC(C)C)CCC76)C5)CC(O)CN)CCC4(C)C3CCC12C. The Balaban J connectivity index is 0.789. The molecule has 0 saturated heterocycles. The minimum atomic E-state index is -0.526.